The Kier molecular flexibility index (Phi) is 4.34. The minimum atomic E-state index is -0.815. The summed E-state index contributed by atoms with van der Waals surface area (Å²) in [6, 6.07) is 11.7. The maximum atomic E-state index is 13.2. The molecule has 0 aliphatic heterocycles. The van der Waals surface area contributed by atoms with Gasteiger partial charge in [0.2, 0.25) is 0 Å². The van der Waals surface area contributed by atoms with Crippen LogP contribution in [0.15, 0.2) is 42.5 Å². The zero-order valence-corrected chi connectivity index (χ0v) is 12.8. The molecule has 0 fully saturated rings. The van der Waals surface area contributed by atoms with Gasteiger partial charge in [0.25, 0.3) is 0 Å². The van der Waals surface area contributed by atoms with Crippen molar-refractivity contribution in [3.63, 3.8) is 0 Å². The van der Waals surface area contributed by atoms with Gasteiger partial charge in [0.1, 0.15) is 0 Å². The van der Waals surface area contributed by atoms with E-state index in [1.807, 2.05) is 31.2 Å². The van der Waals surface area contributed by atoms with Gasteiger partial charge in [-0.3, -0.25) is 0 Å². The molecule has 0 saturated carbocycles. The van der Waals surface area contributed by atoms with Gasteiger partial charge in [-0.1, -0.05) is 18.2 Å². The first kappa shape index (κ1) is 14.9. The molecule has 1 heterocycles. The van der Waals surface area contributed by atoms with Crippen molar-refractivity contribution in [3.05, 3.63) is 71.1 Å². The topological polar surface area (TPSA) is 25.8 Å². The predicted octanol–water partition coefficient (Wildman–Crippen LogP) is 4.65. The number of benzene rings is 2. The van der Waals surface area contributed by atoms with E-state index in [2.05, 4.69) is 9.97 Å². The summed E-state index contributed by atoms with van der Waals surface area (Å²) in [6.45, 7) is 1.94. The van der Waals surface area contributed by atoms with Crippen LogP contribution < -0.4 is 0 Å². The van der Waals surface area contributed by atoms with Crippen molar-refractivity contribution in [3.8, 4) is 0 Å². The average Bonchev–Trinajstić information content (AvgIpc) is 2.51. The number of para-hydroxylation sites is 2. The highest BCUT2D eigenvalue weighted by molar-refractivity contribution is 7.97. The number of aryl methyl sites for hydroxylation is 1. The molecule has 0 saturated heterocycles. The molecule has 2 aromatic carbocycles. The van der Waals surface area contributed by atoms with E-state index in [0.29, 0.717) is 11.5 Å². The standard InChI is InChI=1S/C17H14F2N2S/c1-11-17(21-16-5-3-2-4-15(16)20-11)10-22-9-12-6-7-13(18)14(19)8-12/h2-8H,9-10H2,1H3. The molecule has 0 amide bonds. The molecule has 112 valence electrons. The Morgan fingerprint density at radius 1 is 0.909 bits per heavy atom. The van der Waals surface area contributed by atoms with Crippen molar-refractivity contribution < 1.29 is 8.78 Å². The van der Waals surface area contributed by atoms with Gasteiger partial charge in [-0.15, -0.1) is 0 Å². The SMILES string of the molecule is Cc1nc2ccccc2nc1CSCc1ccc(F)c(F)c1. The van der Waals surface area contributed by atoms with Crippen LogP contribution in [0.3, 0.4) is 0 Å². The van der Waals surface area contributed by atoms with Crippen LogP contribution >= 0.6 is 11.8 Å². The lowest BCUT2D eigenvalue weighted by Crippen LogP contribution is -1.97. The Bertz CT molecular complexity index is 821. The normalized spacial score (nSPS) is 11.0. The lowest BCUT2D eigenvalue weighted by atomic mass is 10.2. The molecule has 22 heavy (non-hydrogen) atoms. The van der Waals surface area contributed by atoms with Gasteiger partial charge in [0.15, 0.2) is 11.6 Å². The predicted molar refractivity (Wildman–Crippen MR) is 85.6 cm³/mol. The van der Waals surface area contributed by atoms with E-state index in [4.69, 9.17) is 0 Å². The van der Waals surface area contributed by atoms with Crippen LogP contribution in [-0.2, 0) is 11.5 Å². The van der Waals surface area contributed by atoms with Crippen molar-refractivity contribution in [1.29, 1.82) is 0 Å². The number of halogens is 2. The highest BCUT2D eigenvalue weighted by atomic mass is 32.2. The van der Waals surface area contributed by atoms with E-state index >= 15 is 0 Å². The lowest BCUT2D eigenvalue weighted by Gasteiger charge is -2.07. The van der Waals surface area contributed by atoms with E-state index in [-0.39, 0.29) is 0 Å². The van der Waals surface area contributed by atoms with Crippen molar-refractivity contribution in [2.45, 2.75) is 18.4 Å². The van der Waals surface area contributed by atoms with E-state index in [9.17, 15) is 8.78 Å². The maximum Gasteiger partial charge on any atom is 0.159 e. The summed E-state index contributed by atoms with van der Waals surface area (Å²) < 4.78 is 26.0. The van der Waals surface area contributed by atoms with Crippen LogP contribution in [0.5, 0.6) is 0 Å². The molecule has 5 heteroatoms. The Labute approximate surface area is 131 Å². The minimum Gasteiger partial charge on any atom is -0.250 e. The van der Waals surface area contributed by atoms with Gasteiger partial charge in [-0.05, 0) is 36.8 Å². The number of rotatable bonds is 4. The first-order valence-electron chi connectivity index (χ1n) is 6.87. The number of aromatic nitrogens is 2. The molecule has 1 aromatic heterocycles. The number of hydrogen-bond acceptors (Lipinski definition) is 3. The van der Waals surface area contributed by atoms with Crippen LogP contribution in [0.25, 0.3) is 11.0 Å². The summed E-state index contributed by atoms with van der Waals surface area (Å²) in [7, 11) is 0. The van der Waals surface area contributed by atoms with Crippen LogP contribution in [0, 0.1) is 18.6 Å². The molecule has 0 aliphatic rings. The second kappa shape index (κ2) is 6.40. The van der Waals surface area contributed by atoms with E-state index < -0.39 is 11.6 Å². The molecular weight excluding hydrogens is 302 g/mol. The fourth-order valence-electron chi connectivity index (χ4n) is 2.16. The summed E-state index contributed by atoms with van der Waals surface area (Å²) in [5.41, 5.74) is 4.34. The molecule has 0 bridgehead atoms. The minimum absolute atomic E-state index is 0.602. The average molecular weight is 316 g/mol. The molecule has 3 rings (SSSR count). The quantitative estimate of drug-likeness (QED) is 0.700. The van der Waals surface area contributed by atoms with Gasteiger partial charge >= 0.3 is 0 Å². The fourth-order valence-corrected chi connectivity index (χ4v) is 3.14. The van der Waals surface area contributed by atoms with E-state index in [0.717, 1.165) is 34.1 Å². The Hall–Kier alpha value is -2.01. The Morgan fingerprint density at radius 3 is 2.36 bits per heavy atom. The molecule has 0 aliphatic carbocycles. The van der Waals surface area contributed by atoms with E-state index in [1.54, 1.807) is 17.8 Å². The van der Waals surface area contributed by atoms with Gasteiger partial charge < -0.3 is 0 Å². The van der Waals surface area contributed by atoms with Gasteiger partial charge in [0, 0.05) is 11.5 Å². The zero-order chi connectivity index (χ0) is 15.5. The molecule has 0 spiro atoms. The van der Waals surface area contributed by atoms with Crippen molar-refractivity contribution >= 4 is 22.8 Å². The Morgan fingerprint density at radius 2 is 1.64 bits per heavy atom. The molecule has 0 unspecified atom stereocenters. The van der Waals surface area contributed by atoms with Crippen molar-refractivity contribution in [2.75, 3.05) is 0 Å². The maximum absolute atomic E-state index is 13.2. The second-order valence-corrected chi connectivity index (χ2v) is 5.97. The second-order valence-electron chi connectivity index (χ2n) is 4.99. The van der Waals surface area contributed by atoms with Crippen molar-refractivity contribution in [1.82, 2.24) is 9.97 Å². The number of hydrogen-bond donors (Lipinski definition) is 0. The third kappa shape index (κ3) is 3.25. The third-order valence-electron chi connectivity index (χ3n) is 3.33. The number of fused-ring (bicyclic) bond motifs is 1. The Balaban J connectivity index is 1.71. The summed E-state index contributed by atoms with van der Waals surface area (Å²) in [5, 5.41) is 0. The number of nitrogens with zero attached hydrogens (tertiary/aromatic N) is 2. The third-order valence-corrected chi connectivity index (χ3v) is 4.35. The molecule has 2 nitrogen and oxygen atoms in total. The van der Waals surface area contributed by atoms with Crippen LogP contribution in [0.1, 0.15) is 17.0 Å². The van der Waals surface area contributed by atoms with Crippen molar-refractivity contribution in [2.24, 2.45) is 0 Å². The highest BCUT2D eigenvalue weighted by Gasteiger charge is 2.06. The molecule has 0 N–H and O–H groups in total. The first-order chi connectivity index (χ1) is 10.6. The fraction of sp³-hybridized carbons (Fsp3) is 0.176. The zero-order valence-electron chi connectivity index (χ0n) is 12.0. The van der Waals surface area contributed by atoms with Gasteiger partial charge in [0.05, 0.1) is 22.4 Å². The smallest absolute Gasteiger partial charge is 0.159 e. The summed E-state index contributed by atoms with van der Waals surface area (Å²) in [6.07, 6.45) is 0. The van der Waals surface area contributed by atoms with Gasteiger partial charge in [-0.2, -0.15) is 11.8 Å². The monoisotopic (exact) mass is 316 g/mol. The molecule has 3 aromatic rings. The van der Waals surface area contributed by atoms with Crippen LogP contribution in [-0.4, -0.2) is 9.97 Å². The number of thioether (sulfide) groups is 1. The highest BCUT2D eigenvalue weighted by Crippen LogP contribution is 2.21. The largest absolute Gasteiger partial charge is 0.250 e. The lowest BCUT2D eigenvalue weighted by molar-refractivity contribution is 0.507. The molecule has 0 atom stereocenters. The molecular formula is C17H14F2N2S. The van der Waals surface area contributed by atoms with E-state index in [1.165, 1.54) is 6.07 Å². The first-order valence-corrected chi connectivity index (χ1v) is 8.03. The van der Waals surface area contributed by atoms with Gasteiger partial charge in [-0.25, -0.2) is 18.7 Å². The van der Waals surface area contributed by atoms with Crippen LogP contribution in [0.2, 0.25) is 0 Å². The van der Waals surface area contributed by atoms with Crippen LogP contribution in [0.4, 0.5) is 8.78 Å². The summed E-state index contributed by atoms with van der Waals surface area (Å²) >= 11 is 1.61. The summed E-state index contributed by atoms with van der Waals surface area (Å²) in [5.74, 6) is -0.335. The summed E-state index contributed by atoms with van der Waals surface area (Å²) in [4.78, 5) is 9.16. The molecule has 0 radical (unpaired) electrons.